The summed E-state index contributed by atoms with van der Waals surface area (Å²) >= 11 is 0. The summed E-state index contributed by atoms with van der Waals surface area (Å²) in [6, 6.07) is 0. The Balaban J connectivity index is 3.37. The molecule has 0 aromatic carbocycles. The maximum absolute atomic E-state index is 10.4. The highest BCUT2D eigenvalue weighted by Crippen LogP contribution is 2.06. The van der Waals surface area contributed by atoms with E-state index in [1.165, 1.54) is 0 Å². The van der Waals surface area contributed by atoms with Gasteiger partial charge in [-0.25, -0.2) is 0 Å². The van der Waals surface area contributed by atoms with Crippen molar-refractivity contribution in [3.63, 3.8) is 0 Å². The molecular weight excluding hydrogens is 112 g/mol. The summed E-state index contributed by atoms with van der Waals surface area (Å²) in [6.45, 7) is 8.88. The zero-order valence-electron chi connectivity index (χ0n) is 5.89. The molecule has 0 aliphatic rings. The second-order valence-corrected chi connectivity index (χ2v) is 2.37. The van der Waals surface area contributed by atoms with Gasteiger partial charge >= 0.3 is 0 Å². The molecule has 51 valence electrons. The summed E-state index contributed by atoms with van der Waals surface area (Å²) in [6.07, 6.45) is 3.31. The minimum absolute atomic E-state index is 0.0179. The molecule has 1 heteroatoms. The molecule has 1 nitrogen and oxygen atoms in total. The Labute approximate surface area is 56.8 Å². The standard InChI is InChI=1S/C8H13O/c1-4-5-7(2)6-8(3)9/h4,7H,1,3,5-6H2,2H3/t7-/m1/s1. The topological polar surface area (TPSA) is 17.1 Å². The number of ketones is 1. The van der Waals surface area contributed by atoms with Crippen molar-refractivity contribution >= 4 is 5.78 Å². The first-order valence-corrected chi connectivity index (χ1v) is 3.12. The van der Waals surface area contributed by atoms with E-state index >= 15 is 0 Å². The quantitative estimate of drug-likeness (QED) is 0.525. The van der Waals surface area contributed by atoms with E-state index in [2.05, 4.69) is 13.5 Å². The van der Waals surface area contributed by atoms with Gasteiger partial charge in [-0.15, -0.1) is 6.58 Å². The van der Waals surface area contributed by atoms with Crippen LogP contribution in [-0.4, -0.2) is 5.78 Å². The van der Waals surface area contributed by atoms with Gasteiger partial charge in [0.15, 0.2) is 0 Å². The zero-order valence-corrected chi connectivity index (χ0v) is 5.89. The molecule has 0 fully saturated rings. The molecule has 9 heavy (non-hydrogen) atoms. The lowest BCUT2D eigenvalue weighted by molar-refractivity contribution is -0.115. The predicted octanol–water partition coefficient (Wildman–Crippen LogP) is 1.99. The maximum Gasteiger partial charge on any atom is 0.133 e. The van der Waals surface area contributed by atoms with Crippen LogP contribution in [0.3, 0.4) is 0 Å². The van der Waals surface area contributed by atoms with Gasteiger partial charge in [0.2, 0.25) is 0 Å². The molecule has 0 saturated heterocycles. The first-order chi connectivity index (χ1) is 4.16. The van der Waals surface area contributed by atoms with E-state index in [9.17, 15) is 4.79 Å². The average Bonchev–Trinajstić information content (AvgIpc) is 1.63. The predicted molar refractivity (Wildman–Crippen MR) is 39.0 cm³/mol. The first-order valence-electron chi connectivity index (χ1n) is 3.12. The molecule has 0 rings (SSSR count). The van der Waals surface area contributed by atoms with Crippen LogP contribution in [0, 0.1) is 12.8 Å². The zero-order chi connectivity index (χ0) is 7.28. The van der Waals surface area contributed by atoms with Crippen LogP contribution in [0.5, 0.6) is 0 Å². The molecule has 0 aliphatic carbocycles. The molecule has 0 aromatic rings. The molecule has 0 aromatic heterocycles. The van der Waals surface area contributed by atoms with Crippen LogP contribution in [0.15, 0.2) is 12.7 Å². The summed E-state index contributed by atoms with van der Waals surface area (Å²) in [5.41, 5.74) is 0. The molecule has 0 N–H and O–H groups in total. The van der Waals surface area contributed by atoms with Gasteiger partial charge in [0.25, 0.3) is 0 Å². The lowest BCUT2D eigenvalue weighted by Gasteiger charge is -2.02. The number of hydrogen-bond acceptors (Lipinski definition) is 1. The van der Waals surface area contributed by atoms with Crippen molar-refractivity contribution in [3.8, 4) is 0 Å². The van der Waals surface area contributed by atoms with E-state index < -0.39 is 0 Å². The lowest BCUT2D eigenvalue weighted by atomic mass is 10.0. The van der Waals surface area contributed by atoms with Crippen molar-refractivity contribution in [2.45, 2.75) is 19.8 Å². The second kappa shape index (κ2) is 4.30. The van der Waals surface area contributed by atoms with Gasteiger partial charge in [0.1, 0.15) is 5.78 Å². The fourth-order valence-corrected chi connectivity index (χ4v) is 0.757. The van der Waals surface area contributed by atoms with Gasteiger partial charge in [-0.05, 0) is 12.3 Å². The second-order valence-electron chi connectivity index (χ2n) is 2.37. The molecule has 0 aliphatic heterocycles. The highest BCUT2D eigenvalue weighted by molar-refractivity contribution is 5.82. The smallest absolute Gasteiger partial charge is 0.133 e. The SMILES string of the molecule is [CH2]C(=O)C[C@H](C)CC=C. The molecule has 0 spiro atoms. The van der Waals surface area contributed by atoms with Gasteiger partial charge in [0.05, 0.1) is 0 Å². The fraction of sp³-hybridized carbons (Fsp3) is 0.500. The Bertz CT molecular complexity index is 105. The Morgan fingerprint density at radius 2 is 2.33 bits per heavy atom. The highest BCUT2D eigenvalue weighted by Gasteiger charge is 2.01. The highest BCUT2D eigenvalue weighted by atomic mass is 16.1. The van der Waals surface area contributed by atoms with Crippen LogP contribution in [0.25, 0.3) is 0 Å². The fourth-order valence-electron chi connectivity index (χ4n) is 0.757. The van der Waals surface area contributed by atoms with E-state index in [0.29, 0.717) is 12.3 Å². The van der Waals surface area contributed by atoms with Gasteiger partial charge in [0, 0.05) is 13.3 Å². The third-order valence-corrected chi connectivity index (χ3v) is 1.15. The third-order valence-electron chi connectivity index (χ3n) is 1.15. The summed E-state index contributed by atoms with van der Waals surface area (Å²) in [7, 11) is 0. The van der Waals surface area contributed by atoms with Crippen molar-refractivity contribution in [2.75, 3.05) is 0 Å². The minimum Gasteiger partial charge on any atom is -0.300 e. The Morgan fingerprint density at radius 3 is 2.67 bits per heavy atom. The summed E-state index contributed by atoms with van der Waals surface area (Å²) in [5, 5.41) is 0. The van der Waals surface area contributed by atoms with Crippen molar-refractivity contribution in [2.24, 2.45) is 5.92 Å². The van der Waals surface area contributed by atoms with E-state index in [-0.39, 0.29) is 5.78 Å². The normalized spacial score (nSPS) is 12.7. The van der Waals surface area contributed by atoms with Gasteiger partial charge in [-0.2, -0.15) is 0 Å². The first kappa shape index (κ1) is 8.41. The van der Waals surface area contributed by atoms with Crippen molar-refractivity contribution in [3.05, 3.63) is 19.6 Å². The molecule has 0 saturated carbocycles. The van der Waals surface area contributed by atoms with Crippen LogP contribution >= 0.6 is 0 Å². The van der Waals surface area contributed by atoms with E-state index in [4.69, 9.17) is 0 Å². The van der Waals surface area contributed by atoms with E-state index in [1.54, 1.807) is 0 Å². The maximum atomic E-state index is 10.4. The summed E-state index contributed by atoms with van der Waals surface area (Å²) in [5.74, 6) is 0.428. The molecular formula is C8H13O. The molecule has 1 atom stereocenters. The summed E-state index contributed by atoms with van der Waals surface area (Å²) < 4.78 is 0. The number of hydrogen-bond donors (Lipinski definition) is 0. The van der Waals surface area contributed by atoms with E-state index in [0.717, 1.165) is 6.42 Å². The van der Waals surface area contributed by atoms with E-state index in [1.807, 2.05) is 13.0 Å². The number of carbonyl (C=O) groups excluding carboxylic acids is 1. The van der Waals surface area contributed by atoms with Crippen molar-refractivity contribution in [1.82, 2.24) is 0 Å². The molecule has 1 radical (unpaired) electrons. The van der Waals surface area contributed by atoms with Crippen molar-refractivity contribution in [1.29, 1.82) is 0 Å². The Morgan fingerprint density at radius 1 is 1.78 bits per heavy atom. The molecule has 0 amide bonds. The molecule has 0 bridgehead atoms. The average molecular weight is 125 g/mol. The number of allylic oxidation sites excluding steroid dienone is 1. The largest absolute Gasteiger partial charge is 0.300 e. The monoisotopic (exact) mass is 125 g/mol. The lowest BCUT2D eigenvalue weighted by Crippen LogP contribution is -1.99. The summed E-state index contributed by atoms with van der Waals surface area (Å²) in [4.78, 5) is 10.4. The molecule has 0 unspecified atom stereocenters. The van der Waals surface area contributed by atoms with Gasteiger partial charge in [-0.1, -0.05) is 13.0 Å². The number of Topliss-reactive ketones (excluding diaryl/α,β-unsaturated/α-hetero) is 1. The minimum atomic E-state index is 0.0179. The Hall–Kier alpha value is -0.590. The van der Waals surface area contributed by atoms with Crippen molar-refractivity contribution < 1.29 is 4.79 Å². The van der Waals surface area contributed by atoms with Crippen LogP contribution in [0.1, 0.15) is 19.8 Å². The Kier molecular flexibility index (Phi) is 4.02. The van der Waals surface area contributed by atoms with Crippen LogP contribution < -0.4 is 0 Å². The third kappa shape index (κ3) is 5.28. The van der Waals surface area contributed by atoms with Crippen LogP contribution in [-0.2, 0) is 4.79 Å². The van der Waals surface area contributed by atoms with Crippen LogP contribution in [0.4, 0.5) is 0 Å². The van der Waals surface area contributed by atoms with Gasteiger partial charge < -0.3 is 0 Å². The number of rotatable bonds is 4. The van der Waals surface area contributed by atoms with Crippen LogP contribution in [0.2, 0.25) is 0 Å². The molecule has 0 heterocycles. The number of carbonyl (C=O) groups is 1. The van der Waals surface area contributed by atoms with Gasteiger partial charge in [-0.3, -0.25) is 4.79 Å².